The average molecular weight is 881 g/mol. The predicted octanol–water partition coefficient (Wildman–Crippen LogP) is 15.8. The zero-order valence-corrected chi connectivity index (χ0v) is 37.3. The lowest BCUT2D eigenvalue weighted by Gasteiger charge is -2.16. The Morgan fingerprint density at radius 1 is 0.261 bits per heavy atom. The van der Waals surface area contributed by atoms with Gasteiger partial charge in [-0.25, -0.2) is 4.98 Å². The summed E-state index contributed by atoms with van der Waals surface area (Å²) in [4.78, 5) is 16.3. The molecule has 0 saturated heterocycles. The van der Waals surface area contributed by atoms with Crippen LogP contribution in [0.4, 0.5) is 0 Å². The van der Waals surface area contributed by atoms with Gasteiger partial charge >= 0.3 is 0 Å². The summed E-state index contributed by atoms with van der Waals surface area (Å²) in [6.07, 6.45) is 0. The highest BCUT2D eigenvalue weighted by molar-refractivity contribution is 6.31. The van der Waals surface area contributed by atoms with Crippen LogP contribution >= 0.6 is 0 Å². The second kappa shape index (κ2) is 15.6. The van der Waals surface area contributed by atoms with Crippen LogP contribution in [0.2, 0.25) is 0 Å². The minimum Gasteiger partial charge on any atom is -0.309 e. The normalized spacial score (nSPS) is 11.8. The summed E-state index contributed by atoms with van der Waals surface area (Å²) in [5.41, 5.74) is 15.0. The average Bonchev–Trinajstić information content (AvgIpc) is 4.07. The van der Waals surface area contributed by atoms with Gasteiger partial charge in [-0.3, -0.25) is 4.57 Å². The van der Waals surface area contributed by atoms with E-state index in [1.807, 2.05) is 12.1 Å². The maximum absolute atomic E-state index is 5.51. The Balaban J connectivity index is 1.12. The first-order valence-electron chi connectivity index (χ1n) is 23.4. The summed E-state index contributed by atoms with van der Waals surface area (Å²) >= 11 is 0. The molecule has 0 N–H and O–H groups in total. The zero-order valence-electron chi connectivity index (χ0n) is 37.3. The van der Waals surface area contributed by atoms with Crippen LogP contribution in [0.25, 0.3) is 128 Å². The Hall–Kier alpha value is -9.39. The van der Waals surface area contributed by atoms with Crippen LogP contribution in [0.1, 0.15) is 0 Å². The molecule has 14 rings (SSSR count). The smallest absolute Gasteiger partial charge is 0.238 e. The quantitative estimate of drug-likeness (QED) is 0.160. The largest absolute Gasteiger partial charge is 0.309 e. The molecule has 0 saturated carbocycles. The fourth-order valence-corrected chi connectivity index (χ4v) is 10.6. The van der Waals surface area contributed by atoms with Crippen molar-refractivity contribution in [3.8, 4) is 62.4 Å². The first-order valence-corrected chi connectivity index (χ1v) is 23.4. The van der Waals surface area contributed by atoms with Gasteiger partial charge in [0, 0.05) is 49.1 Å². The molecular formula is C63H40N6. The Bertz CT molecular complexity index is 4110. The van der Waals surface area contributed by atoms with E-state index in [9.17, 15) is 0 Å². The van der Waals surface area contributed by atoms with Gasteiger partial charge in [0.05, 0.1) is 38.8 Å². The Labute approximate surface area is 397 Å². The van der Waals surface area contributed by atoms with Gasteiger partial charge in [0.25, 0.3) is 0 Å². The van der Waals surface area contributed by atoms with E-state index in [1.54, 1.807) is 0 Å². The molecule has 322 valence electrons. The molecule has 6 nitrogen and oxygen atoms in total. The second-order valence-electron chi connectivity index (χ2n) is 17.6. The molecule has 0 aliphatic heterocycles. The van der Waals surface area contributed by atoms with Crippen molar-refractivity contribution >= 4 is 65.4 Å². The highest BCUT2D eigenvalue weighted by Gasteiger charge is 2.27. The number of fused-ring (bicyclic) bond motifs is 10. The molecule has 4 aromatic heterocycles. The van der Waals surface area contributed by atoms with Gasteiger partial charge in [0.2, 0.25) is 5.95 Å². The molecule has 0 radical (unpaired) electrons. The van der Waals surface area contributed by atoms with Crippen LogP contribution in [0.5, 0.6) is 0 Å². The number of benzene rings is 10. The van der Waals surface area contributed by atoms with Gasteiger partial charge in [-0.05, 0) is 64.7 Å². The summed E-state index contributed by atoms with van der Waals surface area (Å²) in [5.74, 6) is 1.72. The van der Waals surface area contributed by atoms with Crippen LogP contribution < -0.4 is 0 Å². The zero-order chi connectivity index (χ0) is 45.4. The number of rotatable bonds is 7. The van der Waals surface area contributed by atoms with Crippen LogP contribution in [0, 0.1) is 0 Å². The third-order valence-corrected chi connectivity index (χ3v) is 13.7. The van der Waals surface area contributed by atoms with Gasteiger partial charge in [0.1, 0.15) is 0 Å². The van der Waals surface area contributed by atoms with Crippen molar-refractivity contribution in [2.24, 2.45) is 0 Å². The van der Waals surface area contributed by atoms with Crippen molar-refractivity contribution in [3.63, 3.8) is 0 Å². The second-order valence-corrected chi connectivity index (χ2v) is 17.6. The summed E-state index contributed by atoms with van der Waals surface area (Å²) in [6, 6.07) is 86.2. The maximum Gasteiger partial charge on any atom is 0.238 e. The van der Waals surface area contributed by atoms with E-state index < -0.39 is 0 Å². The number of aromatic nitrogens is 6. The fourth-order valence-electron chi connectivity index (χ4n) is 10.6. The number of hydrogen-bond acceptors (Lipinski definition) is 3. The monoisotopic (exact) mass is 880 g/mol. The lowest BCUT2D eigenvalue weighted by molar-refractivity contribution is 0.950. The van der Waals surface area contributed by atoms with Gasteiger partial charge in [0.15, 0.2) is 11.6 Å². The molecule has 0 aliphatic carbocycles. The first-order chi connectivity index (χ1) is 34.2. The van der Waals surface area contributed by atoms with Gasteiger partial charge < -0.3 is 9.13 Å². The van der Waals surface area contributed by atoms with Crippen molar-refractivity contribution in [1.29, 1.82) is 0 Å². The fraction of sp³-hybridized carbons (Fsp3) is 0. The summed E-state index contributed by atoms with van der Waals surface area (Å²) in [6.45, 7) is 0. The van der Waals surface area contributed by atoms with E-state index in [0.29, 0.717) is 17.6 Å². The van der Waals surface area contributed by atoms with Crippen LogP contribution in [0.3, 0.4) is 0 Å². The SMILES string of the molecule is c1ccc(-c2ccc(-c3nc(-c4ccc(-c5ccccc5)cc4)nc(-n4c5ccccc5c5c6c7ccccc7n(-c7ccccc7)c6cc(-n6c7ccccc7c7ccccc76)c54)n3)cc2)cc1. The van der Waals surface area contributed by atoms with E-state index in [-0.39, 0.29) is 0 Å². The standard InChI is InChI=1S/C63H40N6/c1-4-18-41(19-5-1)43-32-36-45(37-33-43)61-64-62(46-38-34-44(35-39-46)42-20-6-2-7-21-42)66-63(65-61)69-55-31-17-13-27-51(55)59-58-50-26-12-16-30-54(50)67(47-22-8-3-9-23-47)56(58)40-57(60(59)69)68-52-28-14-10-24-48(52)49-25-11-15-29-53(49)68/h1-40H. The highest BCUT2D eigenvalue weighted by atomic mass is 15.2. The molecule has 0 fully saturated rings. The van der Waals surface area contributed by atoms with Gasteiger partial charge in [-0.15, -0.1) is 0 Å². The molecule has 0 amide bonds. The minimum atomic E-state index is 0.536. The summed E-state index contributed by atoms with van der Waals surface area (Å²) in [7, 11) is 0. The van der Waals surface area contributed by atoms with Crippen molar-refractivity contribution in [2.75, 3.05) is 0 Å². The Morgan fingerprint density at radius 3 is 1.14 bits per heavy atom. The number of hydrogen-bond donors (Lipinski definition) is 0. The van der Waals surface area contributed by atoms with Gasteiger partial charge in [-0.2, -0.15) is 9.97 Å². The molecule has 4 heterocycles. The molecular weight excluding hydrogens is 841 g/mol. The Kier molecular flexibility index (Phi) is 8.79. The molecule has 14 aromatic rings. The van der Waals surface area contributed by atoms with E-state index in [2.05, 4.69) is 244 Å². The van der Waals surface area contributed by atoms with Crippen molar-refractivity contribution in [1.82, 2.24) is 28.7 Å². The third-order valence-electron chi connectivity index (χ3n) is 13.7. The van der Waals surface area contributed by atoms with Crippen molar-refractivity contribution in [2.45, 2.75) is 0 Å². The van der Waals surface area contributed by atoms with Crippen molar-refractivity contribution in [3.05, 3.63) is 243 Å². The summed E-state index contributed by atoms with van der Waals surface area (Å²) in [5, 5.41) is 6.97. The van der Waals surface area contributed by atoms with Crippen LogP contribution in [0.15, 0.2) is 243 Å². The molecule has 0 unspecified atom stereocenters. The first kappa shape index (κ1) is 38.8. The number of para-hydroxylation sites is 5. The molecule has 0 bridgehead atoms. The topological polar surface area (TPSA) is 53.5 Å². The lowest BCUT2D eigenvalue weighted by Crippen LogP contribution is -2.08. The van der Waals surface area contributed by atoms with Crippen molar-refractivity contribution < 1.29 is 0 Å². The lowest BCUT2D eigenvalue weighted by atomic mass is 10.0. The van der Waals surface area contributed by atoms with E-state index in [4.69, 9.17) is 15.0 Å². The van der Waals surface area contributed by atoms with E-state index >= 15 is 0 Å². The van der Waals surface area contributed by atoms with E-state index in [0.717, 1.165) is 88.6 Å². The molecule has 0 atom stereocenters. The molecule has 0 aliphatic rings. The predicted molar refractivity (Wildman–Crippen MR) is 285 cm³/mol. The van der Waals surface area contributed by atoms with Crippen LogP contribution in [-0.4, -0.2) is 28.7 Å². The van der Waals surface area contributed by atoms with Crippen LogP contribution in [-0.2, 0) is 0 Å². The molecule has 0 spiro atoms. The number of nitrogens with zero attached hydrogens (tertiary/aromatic N) is 6. The maximum atomic E-state index is 5.51. The van der Waals surface area contributed by atoms with E-state index in [1.165, 1.54) is 21.5 Å². The molecule has 10 aromatic carbocycles. The summed E-state index contributed by atoms with van der Waals surface area (Å²) < 4.78 is 7.16. The highest BCUT2D eigenvalue weighted by Crippen LogP contribution is 2.46. The minimum absolute atomic E-state index is 0.536. The third kappa shape index (κ3) is 6.16. The molecule has 69 heavy (non-hydrogen) atoms. The van der Waals surface area contributed by atoms with Gasteiger partial charge in [-0.1, -0.05) is 200 Å². The Morgan fingerprint density at radius 2 is 0.638 bits per heavy atom. The molecule has 6 heteroatoms.